The van der Waals surface area contributed by atoms with Crippen molar-refractivity contribution in [2.24, 2.45) is 0 Å². The number of benzene rings is 1. The number of fused-ring (bicyclic) bond motifs is 1. The fourth-order valence-electron chi connectivity index (χ4n) is 1.37. The Balaban J connectivity index is 2.19. The number of nitrogens with one attached hydrogen (secondary N) is 2. The molecule has 0 aliphatic carbocycles. The Morgan fingerprint density at radius 3 is 3.13 bits per heavy atom. The number of oxazole rings is 1. The van der Waals surface area contributed by atoms with E-state index in [-0.39, 0.29) is 0 Å². The van der Waals surface area contributed by atoms with Gasteiger partial charge < -0.3 is 9.73 Å². The standard InChI is InChI=1S/C10H12N2O2S/c13-10-12-8-6-7(11-4-1-5-15)2-3-9(8)14-10/h2-3,6,11,15H,1,4-5H2,(H,12,13). The van der Waals surface area contributed by atoms with Gasteiger partial charge in [0.05, 0.1) is 5.52 Å². The van der Waals surface area contributed by atoms with Gasteiger partial charge in [-0.1, -0.05) is 0 Å². The minimum absolute atomic E-state index is 0.419. The molecule has 5 heteroatoms. The first kappa shape index (κ1) is 10.2. The van der Waals surface area contributed by atoms with E-state index in [0.29, 0.717) is 5.58 Å². The number of aromatic amines is 1. The van der Waals surface area contributed by atoms with E-state index in [1.54, 1.807) is 6.07 Å². The van der Waals surface area contributed by atoms with Crippen molar-refractivity contribution in [1.82, 2.24) is 4.98 Å². The van der Waals surface area contributed by atoms with E-state index in [9.17, 15) is 4.79 Å². The third-order valence-electron chi connectivity index (χ3n) is 2.08. The topological polar surface area (TPSA) is 58.0 Å². The maximum Gasteiger partial charge on any atom is 0.417 e. The van der Waals surface area contributed by atoms with Gasteiger partial charge in [0.15, 0.2) is 5.58 Å². The highest BCUT2D eigenvalue weighted by molar-refractivity contribution is 7.80. The minimum Gasteiger partial charge on any atom is -0.408 e. The molecule has 80 valence electrons. The summed E-state index contributed by atoms with van der Waals surface area (Å²) >= 11 is 4.13. The van der Waals surface area contributed by atoms with E-state index in [1.807, 2.05) is 12.1 Å². The van der Waals surface area contributed by atoms with Crippen LogP contribution in [-0.4, -0.2) is 17.3 Å². The van der Waals surface area contributed by atoms with Crippen molar-refractivity contribution in [2.75, 3.05) is 17.6 Å². The Morgan fingerprint density at radius 1 is 1.47 bits per heavy atom. The predicted octanol–water partition coefficient (Wildman–Crippen LogP) is 1.85. The van der Waals surface area contributed by atoms with E-state index in [1.165, 1.54) is 0 Å². The van der Waals surface area contributed by atoms with Crippen molar-refractivity contribution in [3.63, 3.8) is 0 Å². The molecule has 0 spiro atoms. The third kappa shape index (κ3) is 2.36. The average Bonchev–Trinajstić information content (AvgIpc) is 2.57. The van der Waals surface area contributed by atoms with Crippen molar-refractivity contribution in [3.05, 3.63) is 28.7 Å². The van der Waals surface area contributed by atoms with Crippen LogP contribution in [0.4, 0.5) is 5.69 Å². The number of anilines is 1. The lowest BCUT2D eigenvalue weighted by Crippen LogP contribution is -2.01. The molecule has 0 bridgehead atoms. The number of thiol groups is 1. The molecule has 0 unspecified atom stereocenters. The Morgan fingerprint density at radius 2 is 2.33 bits per heavy atom. The maximum atomic E-state index is 10.9. The van der Waals surface area contributed by atoms with Gasteiger partial charge in [-0.25, -0.2) is 4.79 Å². The van der Waals surface area contributed by atoms with E-state index in [2.05, 4.69) is 22.9 Å². The van der Waals surface area contributed by atoms with Crippen molar-refractivity contribution >= 4 is 29.4 Å². The van der Waals surface area contributed by atoms with E-state index in [0.717, 1.165) is 29.9 Å². The van der Waals surface area contributed by atoms with Gasteiger partial charge in [0.25, 0.3) is 0 Å². The molecule has 2 N–H and O–H groups in total. The fraction of sp³-hybridized carbons (Fsp3) is 0.300. The van der Waals surface area contributed by atoms with Crippen LogP contribution in [0.5, 0.6) is 0 Å². The van der Waals surface area contributed by atoms with Gasteiger partial charge in [0.1, 0.15) is 0 Å². The van der Waals surface area contributed by atoms with Gasteiger partial charge in [0, 0.05) is 12.2 Å². The summed E-state index contributed by atoms with van der Waals surface area (Å²) in [7, 11) is 0. The molecule has 0 fully saturated rings. The van der Waals surface area contributed by atoms with Gasteiger partial charge in [-0.3, -0.25) is 4.98 Å². The molecular weight excluding hydrogens is 212 g/mol. The highest BCUT2D eigenvalue weighted by Gasteiger charge is 2.00. The molecule has 2 aromatic rings. The maximum absolute atomic E-state index is 10.9. The van der Waals surface area contributed by atoms with E-state index < -0.39 is 5.76 Å². The molecule has 1 aromatic heterocycles. The normalized spacial score (nSPS) is 10.7. The van der Waals surface area contributed by atoms with Gasteiger partial charge in [-0.15, -0.1) is 0 Å². The van der Waals surface area contributed by atoms with Crippen LogP contribution in [0.3, 0.4) is 0 Å². The molecule has 0 saturated carbocycles. The summed E-state index contributed by atoms with van der Waals surface area (Å²) < 4.78 is 4.90. The van der Waals surface area contributed by atoms with Gasteiger partial charge in [0.2, 0.25) is 0 Å². The Kier molecular flexibility index (Phi) is 3.01. The number of hydrogen-bond acceptors (Lipinski definition) is 4. The van der Waals surface area contributed by atoms with Gasteiger partial charge in [-0.05, 0) is 30.4 Å². The SMILES string of the molecule is O=c1[nH]c2cc(NCCCS)ccc2o1. The molecule has 0 atom stereocenters. The zero-order valence-electron chi connectivity index (χ0n) is 8.12. The van der Waals surface area contributed by atoms with Crippen LogP contribution in [0.2, 0.25) is 0 Å². The molecule has 1 aromatic carbocycles. The molecule has 1 heterocycles. The molecule has 0 radical (unpaired) electrons. The molecule has 15 heavy (non-hydrogen) atoms. The average molecular weight is 224 g/mol. The van der Waals surface area contributed by atoms with Crippen LogP contribution in [0, 0.1) is 0 Å². The molecule has 0 amide bonds. The first-order chi connectivity index (χ1) is 7.29. The molecular formula is C10H12N2O2S. The first-order valence-electron chi connectivity index (χ1n) is 4.77. The van der Waals surface area contributed by atoms with Crippen LogP contribution >= 0.6 is 12.6 Å². The quantitative estimate of drug-likeness (QED) is 0.548. The van der Waals surface area contributed by atoms with Crippen LogP contribution in [0.25, 0.3) is 11.1 Å². The Bertz CT molecular complexity index is 503. The highest BCUT2D eigenvalue weighted by atomic mass is 32.1. The second-order valence-corrected chi connectivity index (χ2v) is 3.68. The van der Waals surface area contributed by atoms with Crippen LogP contribution in [0.1, 0.15) is 6.42 Å². The van der Waals surface area contributed by atoms with Crippen LogP contribution in [-0.2, 0) is 0 Å². The van der Waals surface area contributed by atoms with Crippen molar-refractivity contribution < 1.29 is 4.42 Å². The van der Waals surface area contributed by atoms with Gasteiger partial charge in [-0.2, -0.15) is 12.6 Å². The Hall–Kier alpha value is -1.36. The minimum atomic E-state index is -0.419. The van der Waals surface area contributed by atoms with Crippen LogP contribution in [0.15, 0.2) is 27.4 Å². The van der Waals surface area contributed by atoms with E-state index >= 15 is 0 Å². The summed E-state index contributed by atoms with van der Waals surface area (Å²) in [6.07, 6.45) is 1.00. The molecule has 0 saturated heterocycles. The summed E-state index contributed by atoms with van der Waals surface area (Å²) in [5.74, 6) is 0.440. The number of rotatable bonds is 4. The monoisotopic (exact) mass is 224 g/mol. The lowest BCUT2D eigenvalue weighted by atomic mass is 10.3. The summed E-state index contributed by atoms with van der Waals surface area (Å²) in [5, 5.41) is 3.23. The lowest BCUT2D eigenvalue weighted by Gasteiger charge is -2.03. The van der Waals surface area contributed by atoms with Crippen molar-refractivity contribution in [3.8, 4) is 0 Å². The van der Waals surface area contributed by atoms with Crippen molar-refractivity contribution in [1.29, 1.82) is 0 Å². The summed E-state index contributed by atoms with van der Waals surface area (Å²) in [6, 6.07) is 5.52. The zero-order chi connectivity index (χ0) is 10.7. The highest BCUT2D eigenvalue weighted by Crippen LogP contribution is 2.15. The second kappa shape index (κ2) is 4.44. The lowest BCUT2D eigenvalue weighted by molar-refractivity contribution is 0.555. The largest absolute Gasteiger partial charge is 0.417 e. The molecule has 4 nitrogen and oxygen atoms in total. The smallest absolute Gasteiger partial charge is 0.408 e. The second-order valence-electron chi connectivity index (χ2n) is 3.23. The van der Waals surface area contributed by atoms with Gasteiger partial charge >= 0.3 is 5.76 Å². The predicted molar refractivity (Wildman–Crippen MR) is 63.8 cm³/mol. The third-order valence-corrected chi connectivity index (χ3v) is 2.40. The number of hydrogen-bond donors (Lipinski definition) is 3. The zero-order valence-corrected chi connectivity index (χ0v) is 9.01. The van der Waals surface area contributed by atoms with E-state index in [4.69, 9.17) is 4.42 Å². The van der Waals surface area contributed by atoms with Crippen molar-refractivity contribution in [2.45, 2.75) is 6.42 Å². The Labute approximate surface area is 92.1 Å². The number of aromatic nitrogens is 1. The summed E-state index contributed by atoms with van der Waals surface area (Å²) in [6.45, 7) is 0.872. The molecule has 0 aliphatic heterocycles. The molecule has 2 rings (SSSR count). The first-order valence-corrected chi connectivity index (χ1v) is 5.40. The number of H-pyrrole nitrogens is 1. The molecule has 0 aliphatic rings. The fourth-order valence-corrected chi connectivity index (χ4v) is 1.53. The summed E-state index contributed by atoms with van der Waals surface area (Å²) in [5.41, 5.74) is 2.27. The summed E-state index contributed by atoms with van der Waals surface area (Å²) in [4.78, 5) is 13.5. The van der Waals surface area contributed by atoms with Crippen LogP contribution < -0.4 is 11.1 Å².